The molecule has 1 atom stereocenters. The van der Waals surface area contributed by atoms with E-state index in [9.17, 15) is 0 Å². The largest absolute Gasteiger partial charge is 0.491 e. The Morgan fingerprint density at radius 1 is 1.22 bits per heavy atom. The summed E-state index contributed by atoms with van der Waals surface area (Å²) in [5.74, 6) is 0.950. The number of benzene rings is 1. The van der Waals surface area contributed by atoms with Crippen LogP contribution in [0, 0.1) is 0 Å². The summed E-state index contributed by atoms with van der Waals surface area (Å²) >= 11 is 0. The number of hydrogen-bond donors (Lipinski definition) is 1. The highest BCUT2D eigenvalue weighted by Crippen LogP contribution is 2.24. The van der Waals surface area contributed by atoms with Crippen LogP contribution in [0.2, 0.25) is 0 Å². The average Bonchev–Trinajstić information content (AvgIpc) is 2.40. The fraction of sp³-hybridized carbons (Fsp3) is 0.600. The molecule has 0 aliphatic rings. The Morgan fingerprint density at radius 2 is 2.00 bits per heavy atom. The van der Waals surface area contributed by atoms with Crippen LogP contribution in [-0.4, -0.2) is 26.9 Å². The summed E-state index contributed by atoms with van der Waals surface area (Å²) < 4.78 is 10.7. The van der Waals surface area contributed by atoms with Crippen molar-refractivity contribution in [1.29, 1.82) is 0 Å². The molecule has 1 unspecified atom stereocenters. The number of para-hydroxylation sites is 1. The van der Waals surface area contributed by atoms with Gasteiger partial charge in [-0.25, -0.2) is 0 Å². The second kappa shape index (κ2) is 8.95. The van der Waals surface area contributed by atoms with Gasteiger partial charge in [0.15, 0.2) is 0 Å². The van der Waals surface area contributed by atoms with Crippen LogP contribution in [0.4, 0.5) is 0 Å². The van der Waals surface area contributed by atoms with Crippen molar-refractivity contribution in [3.05, 3.63) is 29.8 Å². The van der Waals surface area contributed by atoms with Crippen LogP contribution < -0.4 is 10.1 Å². The summed E-state index contributed by atoms with van der Waals surface area (Å²) in [5.41, 5.74) is 1.21. The highest BCUT2D eigenvalue weighted by Gasteiger charge is 2.10. The predicted molar refractivity (Wildman–Crippen MR) is 75.1 cm³/mol. The molecular formula is C15H25NO2. The van der Waals surface area contributed by atoms with E-state index in [1.165, 1.54) is 18.4 Å². The van der Waals surface area contributed by atoms with Crippen molar-refractivity contribution in [3.63, 3.8) is 0 Å². The lowest BCUT2D eigenvalue weighted by molar-refractivity contribution is 0.145. The van der Waals surface area contributed by atoms with Gasteiger partial charge in [0, 0.05) is 18.7 Å². The van der Waals surface area contributed by atoms with E-state index in [1.807, 2.05) is 12.1 Å². The van der Waals surface area contributed by atoms with Gasteiger partial charge in [-0.15, -0.1) is 0 Å². The Kier molecular flexibility index (Phi) is 7.46. The van der Waals surface area contributed by atoms with Gasteiger partial charge in [0.2, 0.25) is 0 Å². The highest BCUT2D eigenvalue weighted by atomic mass is 16.5. The summed E-state index contributed by atoms with van der Waals surface area (Å²) in [4.78, 5) is 0. The molecule has 0 aliphatic heterocycles. The van der Waals surface area contributed by atoms with Gasteiger partial charge in [-0.3, -0.25) is 0 Å². The van der Waals surface area contributed by atoms with Crippen molar-refractivity contribution < 1.29 is 9.47 Å². The summed E-state index contributed by atoms with van der Waals surface area (Å²) in [5, 5.41) is 3.52. The number of ether oxygens (including phenoxy) is 2. The summed E-state index contributed by atoms with van der Waals surface area (Å²) in [6.45, 7) is 6.63. The van der Waals surface area contributed by atoms with Gasteiger partial charge in [0.1, 0.15) is 12.4 Å². The van der Waals surface area contributed by atoms with Crippen LogP contribution in [-0.2, 0) is 4.74 Å². The van der Waals surface area contributed by atoms with Gasteiger partial charge >= 0.3 is 0 Å². The molecule has 3 nitrogen and oxygen atoms in total. The maximum Gasteiger partial charge on any atom is 0.124 e. The molecule has 0 radical (unpaired) electrons. The van der Waals surface area contributed by atoms with E-state index in [0.29, 0.717) is 19.3 Å². The number of unbranched alkanes of at least 4 members (excludes halogenated alkanes) is 1. The zero-order valence-electron chi connectivity index (χ0n) is 11.7. The molecule has 1 rings (SSSR count). The van der Waals surface area contributed by atoms with Gasteiger partial charge in [-0.2, -0.15) is 0 Å². The van der Waals surface area contributed by atoms with Crippen LogP contribution >= 0.6 is 0 Å². The Balaban J connectivity index is 2.56. The molecule has 3 heteroatoms. The molecule has 0 aliphatic carbocycles. The third-order valence-corrected chi connectivity index (χ3v) is 2.91. The fourth-order valence-corrected chi connectivity index (χ4v) is 1.81. The van der Waals surface area contributed by atoms with E-state index in [2.05, 4.69) is 31.3 Å². The van der Waals surface area contributed by atoms with Gasteiger partial charge in [0.05, 0.1) is 6.61 Å². The first-order valence-electron chi connectivity index (χ1n) is 6.73. The second-order valence-electron chi connectivity index (χ2n) is 4.41. The molecule has 0 saturated carbocycles. The van der Waals surface area contributed by atoms with E-state index in [1.54, 1.807) is 7.11 Å². The summed E-state index contributed by atoms with van der Waals surface area (Å²) in [6, 6.07) is 8.51. The van der Waals surface area contributed by atoms with Crippen molar-refractivity contribution in [2.45, 2.75) is 32.7 Å². The minimum atomic E-state index is 0.315. The van der Waals surface area contributed by atoms with Crippen LogP contribution in [0.1, 0.15) is 38.3 Å². The third-order valence-electron chi connectivity index (χ3n) is 2.91. The predicted octanol–water partition coefficient (Wildman–Crippen LogP) is 3.16. The van der Waals surface area contributed by atoms with Crippen molar-refractivity contribution >= 4 is 0 Å². The summed E-state index contributed by atoms with van der Waals surface area (Å²) in [7, 11) is 1.68. The van der Waals surface area contributed by atoms with E-state index in [0.717, 1.165) is 12.3 Å². The van der Waals surface area contributed by atoms with Crippen LogP contribution in [0.15, 0.2) is 24.3 Å². The monoisotopic (exact) mass is 251 g/mol. The topological polar surface area (TPSA) is 30.5 Å². The molecule has 0 heterocycles. The number of nitrogens with one attached hydrogen (secondary N) is 1. The molecule has 1 aromatic carbocycles. The molecule has 0 bridgehead atoms. The van der Waals surface area contributed by atoms with Crippen molar-refractivity contribution in [1.82, 2.24) is 5.32 Å². The highest BCUT2D eigenvalue weighted by molar-refractivity contribution is 5.35. The smallest absolute Gasteiger partial charge is 0.124 e. The van der Waals surface area contributed by atoms with Gasteiger partial charge in [-0.05, 0) is 26.0 Å². The molecule has 18 heavy (non-hydrogen) atoms. The Hall–Kier alpha value is -1.06. The standard InChI is InChI=1S/C15H25NO2/c1-4-5-10-16-13(2)14-8-6-7-9-15(14)18-12-11-17-3/h6-9,13,16H,4-5,10-12H2,1-3H3. The molecule has 0 amide bonds. The Bertz CT molecular complexity index is 328. The molecule has 0 spiro atoms. The lowest BCUT2D eigenvalue weighted by Crippen LogP contribution is -2.20. The van der Waals surface area contributed by atoms with Gasteiger partial charge in [0.25, 0.3) is 0 Å². The van der Waals surface area contributed by atoms with Crippen LogP contribution in [0.3, 0.4) is 0 Å². The van der Waals surface area contributed by atoms with Crippen LogP contribution in [0.25, 0.3) is 0 Å². The molecule has 1 N–H and O–H groups in total. The normalized spacial score (nSPS) is 12.4. The maximum absolute atomic E-state index is 5.74. The molecule has 1 aromatic rings. The lowest BCUT2D eigenvalue weighted by Gasteiger charge is -2.18. The lowest BCUT2D eigenvalue weighted by atomic mass is 10.1. The van der Waals surface area contributed by atoms with Gasteiger partial charge in [-0.1, -0.05) is 31.5 Å². The molecule has 0 aromatic heterocycles. The maximum atomic E-state index is 5.74. The van der Waals surface area contributed by atoms with E-state index >= 15 is 0 Å². The number of hydrogen-bond acceptors (Lipinski definition) is 3. The third kappa shape index (κ3) is 5.07. The Labute approximate surface area is 110 Å². The second-order valence-corrected chi connectivity index (χ2v) is 4.41. The molecular weight excluding hydrogens is 226 g/mol. The van der Waals surface area contributed by atoms with Crippen molar-refractivity contribution in [2.75, 3.05) is 26.9 Å². The zero-order valence-corrected chi connectivity index (χ0v) is 11.7. The fourth-order valence-electron chi connectivity index (χ4n) is 1.81. The quantitative estimate of drug-likeness (QED) is 0.684. The summed E-state index contributed by atoms with van der Waals surface area (Å²) in [6.07, 6.45) is 2.42. The average molecular weight is 251 g/mol. The molecule has 102 valence electrons. The van der Waals surface area contributed by atoms with E-state index < -0.39 is 0 Å². The van der Waals surface area contributed by atoms with E-state index in [-0.39, 0.29) is 0 Å². The number of methoxy groups -OCH3 is 1. The number of rotatable bonds is 9. The van der Waals surface area contributed by atoms with Crippen molar-refractivity contribution in [2.24, 2.45) is 0 Å². The first-order chi connectivity index (χ1) is 8.79. The molecule has 0 fully saturated rings. The van der Waals surface area contributed by atoms with E-state index in [4.69, 9.17) is 9.47 Å². The zero-order chi connectivity index (χ0) is 13.2. The molecule has 0 saturated heterocycles. The minimum absolute atomic E-state index is 0.315. The Morgan fingerprint density at radius 3 is 2.72 bits per heavy atom. The van der Waals surface area contributed by atoms with Gasteiger partial charge < -0.3 is 14.8 Å². The SMILES string of the molecule is CCCCNC(C)c1ccccc1OCCOC. The first kappa shape index (κ1) is 15.0. The minimum Gasteiger partial charge on any atom is -0.491 e. The van der Waals surface area contributed by atoms with Crippen LogP contribution in [0.5, 0.6) is 5.75 Å². The van der Waals surface area contributed by atoms with Crippen molar-refractivity contribution in [3.8, 4) is 5.75 Å². The first-order valence-corrected chi connectivity index (χ1v) is 6.73.